The monoisotopic (exact) mass is 524 g/mol. The summed E-state index contributed by atoms with van der Waals surface area (Å²) in [5.74, 6) is 3.49. The molecule has 5 heteroatoms. The number of ether oxygens (including phenoxy) is 1. The normalized spacial score (nSPS) is 11.3. The largest absolute Gasteiger partial charge is 0.506 e. The summed E-state index contributed by atoms with van der Waals surface area (Å²) in [6.07, 6.45) is 21.6. The van der Waals surface area contributed by atoms with Crippen molar-refractivity contribution in [3.63, 3.8) is 0 Å². The molecule has 0 saturated heterocycles. The minimum atomic E-state index is 0.0935. The van der Waals surface area contributed by atoms with E-state index in [1.165, 1.54) is 51.4 Å². The van der Waals surface area contributed by atoms with Crippen LogP contribution in [-0.2, 0) is 0 Å². The molecular formula is C34H40N2O3. The van der Waals surface area contributed by atoms with Gasteiger partial charge in [-0.15, -0.1) is 6.42 Å². The summed E-state index contributed by atoms with van der Waals surface area (Å²) in [6.45, 7) is 2.81. The highest BCUT2D eigenvalue weighted by molar-refractivity contribution is 5.95. The molecule has 2 N–H and O–H groups in total. The maximum atomic E-state index is 10.1. The fourth-order valence-electron chi connectivity index (χ4n) is 4.30. The summed E-state index contributed by atoms with van der Waals surface area (Å²) >= 11 is 0. The average Bonchev–Trinajstić information content (AvgIpc) is 2.95. The van der Waals surface area contributed by atoms with Gasteiger partial charge < -0.3 is 14.9 Å². The Balaban J connectivity index is 1.74. The van der Waals surface area contributed by atoms with Crippen molar-refractivity contribution in [1.29, 1.82) is 0 Å². The molecule has 0 unspecified atom stereocenters. The van der Waals surface area contributed by atoms with Gasteiger partial charge >= 0.3 is 0 Å². The molecule has 0 aliphatic rings. The third-order valence-corrected chi connectivity index (χ3v) is 6.51. The highest BCUT2D eigenvalue weighted by atomic mass is 16.5. The van der Waals surface area contributed by atoms with Crippen molar-refractivity contribution in [2.45, 2.75) is 71.1 Å². The Morgan fingerprint density at radius 1 is 0.718 bits per heavy atom. The molecule has 0 aliphatic carbocycles. The Morgan fingerprint density at radius 3 is 1.64 bits per heavy atom. The van der Waals surface area contributed by atoms with Crippen LogP contribution in [0.2, 0.25) is 0 Å². The molecule has 3 rings (SSSR count). The van der Waals surface area contributed by atoms with Gasteiger partial charge in [0.25, 0.3) is 0 Å². The predicted octanol–water partition coefficient (Wildman–Crippen LogP) is 8.88. The van der Waals surface area contributed by atoms with E-state index in [1.807, 2.05) is 24.3 Å². The number of phenols is 2. The fourth-order valence-corrected chi connectivity index (χ4v) is 4.30. The van der Waals surface area contributed by atoms with E-state index in [1.54, 1.807) is 48.8 Å². The third-order valence-electron chi connectivity index (χ3n) is 6.51. The molecule has 0 bridgehead atoms. The Hall–Kier alpha value is -4.04. The number of nitrogens with zero attached hydrogens (tertiary/aromatic N) is 2. The van der Waals surface area contributed by atoms with Crippen molar-refractivity contribution in [1.82, 2.24) is 0 Å². The lowest BCUT2D eigenvalue weighted by molar-refractivity contribution is 0.303. The summed E-state index contributed by atoms with van der Waals surface area (Å²) < 4.78 is 6.30. The Kier molecular flexibility index (Phi) is 12.7. The number of aliphatic imine (C=N–C) groups is 2. The van der Waals surface area contributed by atoms with Crippen LogP contribution in [0.4, 0.5) is 11.4 Å². The highest BCUT2D eigenvalue weighted by Crippen LogP contribution is 2.30. The van der Waals surface area contributed by atoms with Gasteiger partial charge in [0.1, 0.15) is 28.6 Å². The summed E-state index contributed by atoms with van der Waals surface area (Å²) in [5, 5.41) is 20.3. The molecule has 0 fully saturated rings. The number of para-hydroxylation sites is 4. The van der Waals surface area contributed by atoms with Gasteiger partial charge in [-0.05, 0) is 42.8 Å². The van der Waals surface area contributed by atoms with E-state index in [4.69, 9.17) is 11.2 Å². The van der Waals surface area contributed by atoms with E-state index in [9.17, 15) is 10.2 Å². The minimum Gasteiger partial charge on any atom is -0.506 e. The summed E-state index contributed by atoms with van der Waals surface area (Å²) in [4.78, 5) is 8.96. The Morgan fingerprint density at radius 2 is 1.18 bits per heavy atom. The van der Waals surface area contributed by atoms with Gasteiger partial charge in [0.15, 0.2) is 0 Å². The van der Waals surface area contributed by atoms with Crippen LogP contribution in [0.15, 0.2) is 70.6 Å². The first-order chi connectivity index (χ1) is 19.1. The number of unbranched alkanes of at least 4 members (excludes halogenated alkanes) is 9. The zero-order valence-electron chi connectivity index (χ0n) is 23.0. The molecule has 39 heavy (non-hydrogen) atoms. The first-order valence-electron chi connectivity index (χ1n) is 14.0. The van der Waals surface area contributed by atoms with Gasteiger partial charge in [0, 0.05) is 29.1 Å². The molecule has 0 amide bonds. The zero-order chi connectivity index (χ0) is 27.7. The van der Waals surface area contributed by atoms with E-state index in [0.717, 1.165) is 12.8 Å². The molecule has 0 atom stereocenters. The standard InChI is InChI=1S/C34H40N2O3/c1-3-5-6-7-8-9-10-11-12-17-22-39-34-28(25-35-30-18-13-15-20-32(30)37)23-27(4-2)24-29(34)26-36-31-19-14-16-21-33(31)38/h2,13-16,18-21,23-26,37-38H,3,5-12,17,22H2,1H3. The SMILES string of the molecule is C#Cc1cc(C=Nc2ccccc2O)c(OCCCCCCCCCCCC)c(C=Nc2ccccc2O)c1. The van der Waals surface area contributed by atoms with Crippen LogP contribution in [-0.4, -0.2) is 29.2 Å². The number of hydrogen-bond acceptors (Lipinski definition) is 5. The summed E-state index contributed by atoms with van der Waals surface area (Å²) in [6, 6.07) is 17.5. The van der Waals surface area contributed by atoms with Crippen LogP contribution >= 0.6 is 0 Å². The first kappa shape index (κ1) is 29.5. The molecule has 0 aromatic heterocycles. The lowest BCUT2D eigenvalue weighted by Crippen LogP contribution is -2.04. The number of benzene rings is 3. The first-order valence-corrected chi connectivity index (χ1v) is 14.0. The van der Waals surface area contributed by atoms with E-state index < -0.39 is 0 Å². The van der Waals surface area contributed by atoms with Crippen molar-refractivity contribution in [3.8, 4) is 29.6 Å². The van der Waals surface area contributed by atoms with Crippen molar-refractivity contribution < 1.29 is 14.9 Å². The molecule has 5 nitrogen and oxygen atoms in total. The maximum absolute atomic E-state index is 10.1. The lowest BCUT2D eigenvalue weighted by atomic mass is 10.0. The molecular weight excluding hydrogens is 484 g/mol. The van der Waals surface area contributed by atoms with Gasteiger partial charge in [0.2, 0.25) is 0 Å². The van der Waals surface area contributed by atoms with Gasteiger partial charge in [0.05, 0.1) is 6.61 Å². The number of phenolic OH excluding ortho intramolecular Hbond substituents is 2. The van der Waals surface area contributed by atoms with E-state index in [0.29, 0.717) is 40.4 Å². The van der Waals surface area contributed by atoms with Crippen molar-refractivity contribution in [2.75, 3.05) is 6.61 Å². The van der Waals surface area contributed by atoms with Crippen LogP contribution < -0.4 is 4.74 Å². The quantitative estimate of drug-likeness (QED) is 0.112. The van der Waals surface area contributed by atoms with Crippen LogP contribution in [0.1, 0.15) is 87.8 Å². The van der Waals surface area contributed by atoms with Gasteiger partial charge in [-0.2, -0.15) is 0 Å². The molecule has 3 aromatic rings. The van der Waals surface area contributed by atoms with Crippen molar-refractivity contribution in [3.05, 3.63) is 77.4 Å². The van der Waals surface area contributed by atoms with Crippen LogP contribution in [0.3, 0.4) is 0 Å². The van der Waals surface area contributed by atoms with Crippen LogP contribution in [0, 0.1) is 12.3 Å². The second-order valence-corrected chi connectivity index (χ2v) is 9.65. The fraction of sp³-hybridized carbons (Fsp3) is 0.353. The molecule has 0 heterocycles. The van der Waals surface area contributed by atoms with E-state index in [-0.39, 0.29) is 11.5 Å². The van der Waals surface area contributed by atoms with Crippen molar-refractivity contribution >= 4 is 23.8 Å². The molecule has 0 radical (unpaired) electrons. The molecule has 0 spiro atoms. The molecule has 0 saturated carbocycles. The smallest absolute Gasteiger partial charge is 0.141 e. The average molecular weight is 525 g/mol. The highest BCUT2D eigenvalue weighted by Gasteiger charge is 2.11. The Bertz CT molecular complexity index is 1200. The second kappa shape index (κ2) is 16.7. The molecule has 3 aromatic carbocycles. The van der Waals surface area contributed by atoms with Gasteiger partial charge in [-0.1, -0.05) is 94.9 Å². The minimum absolute atomic E-state index is 0.0935. The summed E-state index contributed by atoms with van der Waals surface area (Å²) in [5.41, 5.74) is 2.94. The summed E-state index contributed by atoms with van der Waals surface area (Å²) in [7, 11) is 0. The van der Waals surface area contributed by atoms with Gasteiger partial charge in [-0.25, -0.2) is 0 Å². The van der Waals surface area contributed by atoms with E-state index in [2.05, 4.69) is 22.8 Å². The maximum Gasteiger partial charge on any atom is 0.141 e. The van der Waals surface area contributed by atoms with Crippen LogP contribution in [0.5, 0.6) is 17.2 Å². The topological polar surface area (TPSA) is 74.4 Å². The van der Waals surface area contributed by atoms with Gasteiger partial charge in [-0.3, -0.25) is 9.98 Å². The number of rotatable bonds is 16. The third kappa shape index (κ3) is 9.98. The second-order valence-electron chi connectivity index (χ2n) is 9.65. The lowest BCUT2D eigenvalue weighted by Gasteiger charge is -2.13. The van der Waals surface area contributed by atoms with Crippen molar-refractivity contribution in [2.24, 2.45) is 9.98 Å². The Labute approximate surface area is 233 Å². The molecule has 0 aliphatic heterocycles. The molecule has 204 valence electrons. The van der Waals surface area contributed by atoms with E-state index >= 15 is 0 Å². The number of terminal acetylenes is 1. The predicted molar refractivity (Wildman–Crippen MR) is 162 cm³/mol. The zero-order valence-corrected chi connectivity index (χ0v) is 23.0. The number of hydrogen-bond donors (Lipinski definition) is 2. The van der Waals surface area contributed by atoms with Crippen LogP contribution in [0.25, 0.3) is 0 Å². The number of aromatic hydroxyl groups is 2.